The van der Waals surface area contributed by atoms with Crippen molar-refractivity contribution in [2.45, 2.75) is 0 Å². The first-order valence-corrected chi connectivity index (χ1v) is 18.6. The summed E-state index contributed by atoms with van der Waals surface area (Å²) >= 11 is 0. The van der Waals surface area contributed by atoms with Crippen molar-refractivity contribution in [3.8, 4) is 44.8 Å². The second kappa shape index (κ2) is 12.2. The average Bonchev–Trinajstić information content (AvgIpc) is 3.76. The fourth-order valence-corrected chi connectivity index (χ4v) is 8.66. The number of benzene rings is 9. The zero-order chi connectivity index (χ0) is 35.6. The summed E-state index contributed by atoms with van der Waals surface area (Å²) in [6.07, 6.45) is 0. The molecule has 0 N–H and O–H groups in total. The highest BCUT2D eigenvalue weighted by Crippen LogP contribution is 2.40. The fraction of sp³-hybridized carbons (Fsp3) is 0. The third-order valence-electron chi connectivity index (χ3n) is 11.1. The van der Waals surface area contributed by atoms with Gasteiger partial charge in [0, 0.05) is 32.6 Å². The first-order valence-electron chi connectivity index (χ1n) is 18.6. The predicted octanol–water partition coefficient (Wildman–Crippen LogP) is 14.0. The molecule has 0 fully saturated rings. The maximum Gasteiger partial charge on any atom is 0.0541 e. The molecule has 0 saturated carbocycles. The Hall–Kier alpha value is -7.16. The van der Waals surface area contributed by atoms with Crippen molar-refractivity contribution in [1.29, 1.82) is 0 Å². The molecular formula is C52H34N2. The first kappa shape index (κ1) is 30.5. The summed E-state index contributed by atoms with van der Waals surface area (Å²) in [6, 6.07) is 75.2. The molecule has 11 aromatic rings. The Labute approximate surface area is 313 Å². The number of nitrogens with zero attached hydrogens (tertiary/aromatic N) is 2. The maximum absolute atomic E-state index is 2.43. The van der Waals surface area contributed by atoms with Gasteiger partial charge < -0.3 is 9.13 Å². The molecule has 2 aromatic heterocycles. The van der Waals surface area contributed by atoms with Gasteiger partial charge in [-0.1, -0.05) is 152 Å². The van der Waals surface area contributed by atoms with Crippen LogP contribution in [0.3, 0.4) is 0 Å². The van der Waals surface area contributed by atoms with Gasteiger partial charge in [-0.05, 0) is 93.4 Å². The Balaban J connectivity index is 1.06. The van der Waals surface area contributed by atoms with Crippen molar-refractivity contribution in [2.24, 2.45) is 0 Å². The molecule has 0 bridgehead atoms. The largest absolute Gasteiger partial charge is 0.309 e. The average molecular weight is 687 g/mol. The highest BCUT2D eigenvalue weighted by atomic mass is 15.0. The van der Waals surface area contributed by atoms with E-state index in [0.717, 1.165) is 5.69 Å². The van der Waals surface area contributed by atoms with Gasteiger partial charge in [0.05, 0.1) is 27.8 Å². The summed E-state index contributed by atoms with van der Waals surface area (Å²) in [5, 5.41) is 7.50. The quantitative estimate of drug-likeness (QED) is 0.171. The molecule has 0 spiro atoms. The Kier molecular flexibility index (Phi) is 6.90. The van der Waals surface area contributed by atoms with Crippen LogP contribution in [0.4, 0.5) is 0 Å². The monoisotopic (exact) mass is 686 g/mol. The van der Waals surface area contributed by atoms with Crippen LogP contribution in [0.1, 0.15) is 0 Å². The molecular weight excluding hydrogens is 653 g/mol. The van der Waals surface area contributed by atoms with E-state index in [4.69, 9.17) is 0 Å². The molecule has 0 aliphatic rings. The van der Waals surface area contributed by atoms with E-state index in [2.05, 4.69) is 215 Å². The summed E-state index contributed by atoms with van der Waals surface area (Å²) in [5.41, 5.74) is 14.5. The predicted molar refractivity (Wildman–Crippen MR) is 229 cm³/mol. The Morgan fingerprint density at radius 3 is 1.48 bits per heavy atom. The molecule has 0 aliphatic heterocycles. The van der Waals surface area contributed by atoms with Crippen molar-refractivity contribution in [1.82, 2.24) is 9.13 Å². The summed E-state index contributed by atoms with van der Waals surface area (Å²) in [5.74, 6) is 0. The standard InChI is InChI=1S/C52H34N2/c1-2-14-35(15-3-1)41-20-6-7-21-42(41)39-18-12-19-40(32-39)53-49-25-10-8-23-44(49)46-33-37(28-30-51(46)53)38-29-31-52-47(34-38)45-24-9-11-26-50(45)54(52)48-27-13-17-36-16-4-5-22-43(36)48/h1-34H. The molecule has 2 heteroatoms. The van der Waals surface area contributed by atoms with Crippen molar-refractivity contribution < 1.29 is 0 Å². The van der Waals surface area contributed by atoms with Crippen molar-refractivity contribution in [3.05, 3.63) is 206 Å². The van der Waals surface area contributed by atoms with Crippen molar-refractivity contribution >= 4 is 54.4 Å². The molecule has 2 heterocycles. The minimum absolute atomic E-state index is 1.15. The van der Waals surface area contributed by atoms with Crippen LogP contribution in [0.25, 0.3) is 99.1 Å². The van der Waals surface area contributed by atoms with Gasteiger partial charge in [0.15, 0.2) is 0 Å². The smallest absolute Gasteiger partial charge is 0.0541 e. The van der Waals surface area contributed by atoms with E-state index >= 15 is 0 Å². The van der Waals surface area contributed by atoms with Crippen LogP contribution in [0, 0.1) is 0 Å². The van der Waals surface area contributed by atoms with Gasteiger partial charge in [-0.15, -0.1) is 0 Å². The van der Waals surface area contributed by atoms with Gasteiger partial charge in [0.25, 0.3) is 0 Å². The normalized spacial score (nSPS) is 11.7. The highest BCUT2D eigenvalue weighted by molar-refractivity contribution is 6.13. The van der Waals surface area contributed by atoms with E-state index in [-0.39, 0.29) is 0 Å². The zero-order valence-electron chi connectivity index (χ0n) is 29.5. The van der Waals surface area contributed by atoms with Crippen molar-refractivity contribution in [3.63, 3.8) is 0 Å². The van der Waals surface area contributed by atoms with Crippen LogP contribution in [0.5, 0.6) is 0 Å². The van der Waals surface area contributed by atoms with E-state index in [0.29, 0.717) is 0 Å². The van der Waals surface area contributed by atoms with Crippen LogP contribution < -0.4 is 0 Å². The van der Waals surface area contributed by atoms with Gasteiger partial charge in [-0.3, -0.25) is 0 Å². The van der Waals surface area contributed by atoms with Gasteiger partial charge in [0.1, 0.15) is 0 Å². The van der Waals surface area contributed by atoms with Gasteiger partial charge in [0.2, 0.25) is 0 Å². The lowest BCUT2D eigenvalue weighted by Gasteiger charge is -2.13. The molecule has 0 radical (unpaired) electrons. The number of para-hydroxylation sites is 2. The molecule has 252 valence electrons. The Morgan fingerprint density at radius 2 is 0.759 bits per heavy atom. The van der Waals surface area contributed by atoms with Crippen LogP contribution in [0.2, 0.25) is 0 Å². The van der Waals surface area contributed by atoms with E-state index in [9.17, 15) is 0 Å². The summed E-state index contributed by atoms with van der Waals surface area (Å²) in [6.45, 7) is 0. The van der Waals surface area contributed by atoms with E-state index < -0.39 is 0 Å². The van der Waals surface area contributed by atoms with Crippen LogP contribution >= 0.6 is 0 Å². The Bertz CT molecular complexity index is 3210. The second-order valence-electron chi connectivity index (χ2n) is 14.1. The van der Waals surface area contributed by atoms with Crippen molar-refractivity contribution in [2.75, 3.05) is 0 Å². The second-order valence-corrected chi connectivity index (χ2v) is 14.1. The fourth-order valence-electron chi connectivity index (χ4n) is 8.66. The van der Waals surface area contributed by atoms with E-state index in [1.807, 2.05) is 0 Å². The third-order valence-corrected chi connectivity index (χ3v) is 11.1. The highest BCUT2D eigenvalue weighted by Gasteiger charge is 2.17. The van der Waals surface area contributed by atoms with Crippen LogP contribution in [-0.4, -0.2) is 9.13 Å². The zero-order valence-corrected chi connectivity index (χ0v) is 29.5. The SMILES string of the molecule is c1ccc(-c2ccccc2-c2cccc(-n3c4ccccc4c4cc(-c5ccc6c(c5)c5ccccc5n6-c5cccc6ccccc56)ccc43)c2)cc1. The van der Waals surface area contributed by atoms with Crippen LogP contribution in [0.15, 0.2) is 206 Å². The number of hydrogen-bond donors (Lipinski definition) is 0. The molecule has 2 nitrogen and oxygen atoms in total. The molecule has 0 amide bonds. The van der Waals surface area contributed by atoms with Gasteiger partial charge >= 0.3 is 0 Å². The molecule has 0 aliphatic carbocycles. The molecule has 54 heavy (non-hydrogen) atoms. The number of fused-ring (bicyclic) bond motifs is 7. The lowest BCUT2D eigenvalue weighted by Crippen LogP contribution is -1.95. The maximum atomic E-state index is 2.43. The van der Waals surface area contributed by atoms with E-state index in [1.54, 1.807) is 0 Å². The third kappa shape index (κ3) is 4.74. The molecule has 11 rings (SSSR count). The number of rotatable bonds is 5. The minimum Gasteiger partial charge on any atom is -0.309 e. The first-order chi connectivity index (χ1) is 26.8. The molecule has 0 atom stereocenters. The topological polar surface area (TPSA) is 9.86 Å². The molecule has 0 saturated heterocycles. The lowest BCUT2D eigenvalue weighted by atomic mass is 9.94. The molecule has 0 unspecified atom stereocenters. The minimum atomic E-state index is 1.15. The number of hydrogen-bond acceptors (Lipinski definition) is 0. The molecule has 9 aromatic carbocycles. The van der Waals surface area contributed by atoms with Gasteiger partial charge in [-0.25, -0.2) is 0 Å². The number of aromatic nitrogens is 2. The summed E-state index contributed by atoms with van der Waals surface area (Å²) in [4.78, 5) is 0. The summed E-state index contributed by atoms with van der Waals surface area (Å²) < 4.78 is 4.85. The van der Waals surface area contributed by atoms with Crippen LogP contribution in [-0.2, 0) is 0 Å². The lowest BCUT2D eigenvalue weighted by molar-refractivity contribution is 1.18. The van der Waals surface area contributed by atoms with Gasteiger partial charge in [-0.2, -0.15) is 0 Å². The Morgan fingerprint density at radius 1 is 0.259 bits per heavy atom. The van der Waals surface area contributed by atoms with E-state index in [1.165, 1.54) is 93.5 Å². The summed E-state index contributed by atoms with van der Waals surface area (Å²) in [7, 11) is 0.